The second kappa shape index (κ2) is 25.6. The number of nitrogens with zero attached hydrogens (tertiary/aromatic N) is 4. The van der Waals surface area contributed by atoms with Gasteiger partial charge in [-0.05, 0) is 94.1 Å². The van der Waals surface area contributed by atoms with Gasteiger partial charge in [-0.15, -0.1) is 22.9 Å². The number of likely N-dealkylation sites (tertiary alicyclic amines) is 1. The zero-order chi connectivity index (χ0) is 52.1. The number of β-amino-alcohol motifs (C(OH)–C–C–N with tert-alkyl or cyclic N) is 1. The van der Waals surface area contributed by atoms with Gasteiger partial charge in [0, 0.05) is 77.5 Å². The van der Waals surface area contributed by atoms with Gasteiger partial charge in [0.2, 0.25) is 23.6 Å². The number of phenols is 2. The third-order valence-corrected chi connectivity index (χ3v) is 14.5. The summed E-state index contributed by atoms with van der Waals surface area (Å²) in [5.41, 5.74) is 8.78. The van der Waals surface area contributed by atoms with E-state index in [1.54, 1.807) is 35.6 Å². The maximum absolute atomic E-state index is 14.1. The molecule has 0 bridgehead atoms. The third-order valence-electron chi connectivity index (χ3n) is 13.3. The van der Waals surface area contributed by atoms with E-state index in [1.165, 1.54) is 4.90 Å². The average Bonchev–Trinajstić information content (AvgIpc) is 4.00. The van der Waals surface area contributed by atoms with E-state index in [0.717, 1.165) is 75.7 Å². The van der Waals surface area contributed by atoms with Gasteiger partial charge in [-0.25, -0.2) is 4.98 Å². The molecule has 7 rings (SSSR count). The molecule has 2 saturated heterocycles. The molecule has 0 spiro atoms. The van der Waals surface area contributed by atoms with Crippen molar-refractivity contribution in [3.63, 3.8) is 0 Å². The average molecular weight is 1030 g/mol. The molecule has 5 aromatic rings. The predicted molar refractivity (Wildman–Crippen MR) is 286 cm³/mol. The molecule has 2 fully saturated rings. The molecule has 1 unspecified atom stereocenters. The minimum Gasteiger partial charge on any atom is -0.508 e. The Bertz CT molecular complexity index is 2660. The standard InChI is InChI=1S/C56H68ClN7O8S/c1-37-52(73-36-60-37)42-7-5-38(6-8-42)34-59-54(70)48-33-45(67)35-64(48)55(71)53(56(2,3)4)61-50(69)23-27-63-30-28-62(29-31-63)26-22-49(68)58-25-32-72-46-19-13-41(14-20-46)51(40-11-17-44(66)18-12-40)47(21-24-57)39-9-15-43(65)16-10-39/h5-20,36,45,48,53,65-67H,21-35H2,1-4H3,(H,58,68)(H,59,70)(H,61,69)/t45-,48+,53?/m1/s1. The summed E-state index contributed by atoms with van der Waals surface area (Å²) in [6.07, 6.45) is 0.365. The first-order valence-corrected chi connectivity index (χ1v) is 26.3. The number of nitrogens with one attached hydrogen (secondary N) is 3. The normalized spacial score (nSPS) is 17.2. The van der Waals surface area contributed by atoms with Crippen molar-refractivity contribution in [2.75, 3.05) is 64.8 Å². The maximum Gasteiger partial charge on any atom is 0.246 e. The van der Waals surface area contributed by atoms with Crippen molar-refractivity contribution in [2.45, 2.75) is 78.1 Å². The lowest BCUT2D eigenvalue weighted by atomic mass is 9.85. The van der Waals surface area contributed by atoms with Crippen LogP contribution in [0.1, 0.15) is 74.4 Å². The summed E-state index contributed by atoms with van der Waals surface area (Å²) < 4.78 is 5.99. The summed E-state index contributed by atoms with van der Waals surface area (Å²) in [5.74, 6) is 0.308. The van der Waals surface area contributed by atoms with Gasteiger partial charge in [0.15, 0.2) is 0 Å². The van der Waals surface area contributed by atoms with Crippen LogP contribution in [-0.4, -0.2) is 142 Å². The number of thiazole rings is 1. The van der Waals surface area contributed by atoms with Crippen LogP contribution in [0.25, 0.3) is 21.6 Å². The number of piperazine rings is 1. The van der Waals surface area contributed by atoms with Gasteiger partial charge in [0.25, 0.3) is 0 Å². The van der Waals surface area contributed by atoms with Gasteiger partial charge < -0.3 is 50.7 Å². The number of allylic oxidation sites excluding steroid dienone is 1. The zero-order valence-electron chi connectivity index (χ0n) is 42.1. The van der Waals surface area contributed by atoms with Crippen molar-refractivity contribution in [1.29, 1.82) is 0 Å². The molecule has 2 aliphatic rings. The van der Waals surface area contributed by atoms with E-state index in [0.29, 0.717) is 44.1 Å². The second-order valence-corrected chi connectivity index (χ2v) is 21.0. The molecule has 388 valence electrons. The van der Waals surface area contributed by atoms with Crippen LogP contribution in [0.5, 0.6) is 17.2 Å². The van der Waals surface area contributed by atoms with Crippen LogP contribution in [-0.2, 0) is 25.7 Å². The third kappa shape index (κ3) is 15.1. The number of ether oxygens (including phenoxy) is 1. The Morgan fingerprint density at radius 3 is 1.92 bits per heavy atom. The van der Waals surface area contributed by atoms with Gasteiger partial charge in [-0.1, -0.05) is 81.4 Å². The Morgan fingerprint density at radius 2 is 1.36 bits per heavy atom. The number of hydrogen-bond donors (Lipinski definition) is 6. The number of hydrogen-bond acceptors (Lipinski definition) is 12. The van der Waals surface area contributed by atoms with Gasteiger partial charge in [0.1, 0.15) is 35.9 Å². The number of rotatable bonds is 21. The van der Waals surface area contributed by atoms with Gasteiger partial charge >= 0.3 is 0 Å². The number of carbonyl (C=O) groups excluding carboxylic acids is 4. The van der Waals surface area contributed by atoms with Crippen LogP contribution < -0.4 is 20.7 Å². The molecule has 1 aromatic heterocycles. The maximum atomic E-state index is 14.1. The SMILES string of the molecule is Cc1ncsc1-c1ccc(CNC(=O)[C@@H]2C[C@@H](O)CN2C(=O)C(NC(=O)CCN2CCN(CCC(=O)NCCOc3ccc(C(=C(CCCl)c4ccc(O)cc4)c4ccc(O)cc4)cc3)CC2)C(C)(C)C)cc1. The number of amides is 4. The molecule has 3 atom stereocenters. The van der Waals surface area contributed by atoms with E-state index < -0.39 is 29.5 Å². The zero-order valence-corrected chi connectivity index (χ0v) is 43.7. The van der Waals surface area contributed by atoms with Crippen molar-refractivity contribution >= 4 is 57.7 Å². The van der Waals surface area contributed by atoms with Crippen molar-refractivity contribution < 1.29 is 39.2 Å². The number of benzene rings is 4. The number of halogens is 1. The summed E-state index contributed by atoms with van der Waals surface area (Å²) in [4.78, 5) is 65.1. The number of phenolic OH excluding ortho intramolecular Hbond substituents is 2. The molecule has 4 aromatic carbocycles. The van der Waals surface area contributed by atoms with Crippen molar-refractivity contribution in [3.05, 3.63) is 131 Å². The van der Waals surface area contributed by atoms with Gasteiger partial charge in [-0.3, -0.25) is 19.2 Å². The number of aromatic hydroxyl groups is 2. The molecule has 15 nitrogen and oxygen atoms in total. The van der Waals surface area contributed by atoms with E-state index >= 15 is 0 Å². The fourth-order valence-electron chi connectivity index (χ4n) is 9.25. The van der Waals surface area contributed by atoms with Crippen LogP contribution >= 0.6 is 22.9 Å². The van der Waals surface area contributed by atoms with E-state index in [1.807, 2.05) is 106 Å². The van der Waals surface area contributed by atoms with E-state index in [-0.39, 0.29) is 61.8 Å². The Morgan fingerprint density at radius 1 is 0.781 bits per heavy atom. The lowest BCUT2D eigenvalue weighted by molar-refractivity contribution is -0.144. The minimum absolute atomic E-state index is 0.00465. The van der Waals surface area contributed by atoms with Crippen molar-refractivity contribution in [2.24, 2.45) is 5.41 Å². The highest BCUT2D eigenvalue weighted by Crippen LogP contribution is 2.37. The van der Waals surface area contributed by atoms with E-state index in [9.17, 15) is 34.5 Å². The molecule has 0 radical (unpaired) electrons. The van der Waals surface area contributed by atoms with Crippen LogP contribution in [0.15, 0.2) is 103 Å². The minimum atomic E-state index is -0.904. The van der Waals surface area contributed by atoms with E-state index in [2.05, 4.69) is 30.7 Å². The highest BCUT2D eigenvalue weighted by Gasteiger charge is 2.44. The fourth-order valence-corrected chi connectivity index (χ4v) is 10.2. The number of aromatic nitrogens is 1. The molecule has 4 amide bonds. The van der Waals surface area contributed by atoms with Gasteiger partial charge in [0.05, 0.1) is 28.7 Å². The lowest BCUT2D eigenvalue weighted by Gasteiger charge is -2.36. The van der Waals surface area contributed by atoms with Crippen LogP contribution in [0.4, 0.5) is 0 Å². The first-order chi connectivity index (χ1) is 35.1. The Balaban J connectivity index is 0.809. The smallest absolute Gasteiger partial charge is 0.246 e. The molecular weight excluding hydrogens is 966 g/mol. The van der Waals surface area contributed by atoms with Crippen LogP contribution in [0.2, 0.25) is 0 Å². The fraction of sp³-hybridized carbons (Fsp3) is 0.411. The molecule has 73 heavy (non-hydrogen) atoms. The second-order valence-electron chi connectivity index (χ2n) is 19.7. The molecule has 6 N–H and O–H groups in total. The van der Waals surface area contributed by atoms with Crippen molar-refractivity contribution in [1.82, 2.24) is 35.6 Å². The molecule has 17 heteroatoms. The first kappa shape index (κ1) is 54.5. The van der Waals surface area contributed by atoms with Crippen LogP contribution in [0.3, 0.4) is 0 Å². The quantitative estimate of drug-likeness (QED) is 0.0257. The summed E-state index contributed by atoms with van der Waals surface area (Å²) >= 11 is 7.87. The molecular formula is C56H68ClN7O8S. The van der Waals surface area contributed by atoms with Crippen molar-refractivity contribution in [3.8, 4) is 27.7 Å². The summed E-state index contributed by atoms with van der Waals surface area (Å²) in [6, 6.07) is 27.9. The number of carbonyl (C=O) groups is 4. The molecule has 0 aliphatic carbocycles. The Hall–Kier alpha value is -6.30. The Kier molecular flexibility index (Phi) is 19.1. The summed E-state index contributed by atoms with van der Waals surface area (Å²) in [7, 11) is 0. The largest absolute Gasteiger partial charge is 0.508 e. The first-order valence-electron chi connectivity index (χ1n) is 24.9. The molecule has 3 heterocycles. The predicted octanol–water partition coefficient (Wildman–Crippen LogP) is 6.82. The summed E-state index contributed by atoms with van der Waals surface area (Å²) in [5, 5.41) is 39.4. The lowest BCUT2D eigenvalue weighted by Crippen LogP contribution is -2.58. The summed E-state index contributed by atoms with van der Waals surface area (Å²) in [6.45, 7) is 12.6. The van der Waals surface area contributed by atoms with E-state index in [4.69, 9.17) is 16.3 Å². The Labute approximate surface area is 437 Å². The number of aryl methyl sites for hydroxylation is 1. The highest BCUT2D eigenvalue weighted by molar-refractivity contribution is 7.13. The topological polar surface area (TPSA) is 197 Å². The number of alkyl halides is 1. The van der Waals surface area contributed by atoms with Gasteiger partial charge in [-0.2, -0.15) is 0 Å². The highest BCUT2D eigenvalue weighted by atomic mass is 35.5. The molecule has 2 aliphatic heterocycles. The molecule has 0 saturated carbocycles. The van der Waals surface area contributed by atoms with Crippen LogP contribution in [0, 0.1) is 12.3 Å². The number of aliphatic hydroxyl groups excluding tert-OH is 1. The monoisotopic (exact) mass is 1030 g/mol. The number of aliphatic hydroxyl groups is 1.